The van der Waals surface area contributed by atoms with Gasteiger partial charge in [-0.3, -0.25) is 4.79 Å². The Morgan fingerprint density at radius 2 is 1.86 bits per heavy atom. The molecule has 2 heterocycles. The third-order valence-electron chi connectivity index (χ3n) is 4.93. The van der Waals surface area contributed by atoms with Crippen LogP contribution in [0.4, 0.5) is 10.7 Å². The van der Waals surface area contributed by atoms with Gasteiger partial charge in [0.15, 0.2) is 0 Å². The van der Waals surface area contributed by atoms with Crippen molar-refractivity contribution in [1.82, 2.24) is 0 Å². The van der Waals surface area contributed by atoms with E-state index in [1.54, 1.807) is 6.92 Å². The fraction of sp³-hybridized carbons (Fsp3) is 0.217. The number of amides is 1. The van der Waals surface area contributed by atoms with Crippen LogP contribution in [0, 0.1) is 0 Å². The summed E-state index contributed by atoms with van der Waals surface area (Å²) in [6.45, 7) is 3.12. The van der Waals surface area contributed by atoms with E-state index in [2.05, 4.69) is 16.3 Å². The molecule has 0 fully saturated rings. The zero-order chi connectivity index (χ0) is 20.2. The maximum Gasteiger partial charge on any atom is 0.341 e. The van der Waals surface area contributed by atoms with Crippen LogP contribution in [-0.4, -0.2) is 31.6 Å². The molecule has 6 heteroatoms. The molecule has 0 unspecified atom stereocenters. The van der Waals surface area contributed by atoms with Crippen LogP contribution < -0.4 is 10.2 Å². The van der Waals surface area contributed by atoms with Crippen LogP contribution in [0.15, 0.2) is 60.0 Å². The molecule has 0 saturated carbocycles. The molecule has 1 aliphatic heterocycles. The topological polar surface area (TPSA) is 58.6 Å². The highest BCUT2D eigenvalue weighted by atomic mass is 32.1. The Kier molecular flexibility index (Phi) is 5.62. The molecule has 1 amide bonds. The average molecular weight is 407 g/mol. The Bertz CT molecular complexity index is 1030. The first-order chi connectivity index (χ1) is 14.2. The summed E-state index contributed by atoms with van der Waals surface area (Å²) in [5, 5.41) is 5.35. The van der Waals surface area contributed by atoms with E-state index < -0.39 is 5.97 Å². The van der Waals surface area contributed by atoms with Gasteiger partial charge in [0.25, 0.3) is 0 Å². The number of thiophene rings is 1. The largest absolute Gasteiger partial charge is 0.462 e. The quantitative estimate of drug-likeness (QED) is 0.608. The number of hydrogen-bond acceptors (Lipinski definition) is 5. The predicted molar refractivity (Wildman–Crippen MR) is 117 cm³/mol. The molecule has 29 heavy (non-hydrogen) atoms. The predicted octanol–water partition coefficient (Wildman–Crippen LogP) is 4.59. The van der Waals surface area contributed by atoms with Crippen molar-refractivity contribution in [1.29, 1.82) is 0 Å². The van der Waals surface area contributed by atoms with E-state index >= 15 is 0 Å². The average Bonchev–Trinajstić information content (AvgIpc) is 3.33. The van der Waals surface area contributed by atoms with Crippen molar-refractivity contribution in [2.24, 2.45) is 0 Å². The van der Waals surface area contributed by atoms with Gasteiger partial charge in [0.05, 0.1) is 13.2 Å². The second kappa shape index (κ2) is 8.49. The zero-order valence-corrected chi connectivity index (χ0v) is 17.0. The summed E-state index contributed by atoms with van der Waals surface area (Å²) in [4.78, 5) is 27.5. The Morgan fingerprint density at radius 1 is 1.10 bits per heavy atom. The minimum absolute atomic E-state index is 0.145. The minimum atomic E-state index is -0.422. The van der Waals surface area contributed by atoms with Crippen molar-refractivity contribution >= 4 is 33.9 Å². The van der Waals surface area contributed by atoms with E-state index in [0.717, 1.165) is 29.8 Å². The maximum atomic E-state index is 12.8. The molecular weight excluding hydrogens is 384 g/mol. The molecule has 1 N–H and O–H groups in total. The molecule has 148 valence electrons. The number of carbonyl (C=O) groups is 2. The lowest BCUT2D eigenvalue weighted by molar-refractivity contribution is -0.114. The lowest BCUT2D eigenvalue weighted by atomic mass is 10.0. The molecule has 5 nitrogen and oxygen atoms in total. The number of fused-ring (bicyclic) bond motifs is 1. The Balaban J connectivity index is 1.56. The molecule has 1 aliphatic rings. The second-order valence-electron chi connectivity index (χ2n) is 6.79. The molecule has 4 rings (SSSR count). The molecule has 0 spiro atoms. The summed E-state index contributed by atoms with van der Waals surface area (Å²) in [6.07, 6.45) is 0.939. The van der Waals surface area contributed by atoms with Gasteiger partial charge in [-0.2, -0.15) is 0 Å². The van der Waals surface area contributed by atoms with E-state index in [1.807, 2.05) is 53.9 Å². The third-order valence-corrected chi connectivity index (χ3v) is 5.82. The Hall–Kier alpha value is -3.12. The SMILES string of the molecule is CCOC(=O)c1c(-c2ccccc2)csc1NC(=O)CN1CCc2ccccc21. The van der Waals surface area contributed by atoms with Crippen LogP contribution in [0.2, 0.25) is 0 Å². The molecule has 0 saturated heterocycles. The van der Waals surface area contributed by atoms with Crippen molar-refractivity contribution in [3.63, 3.8) is 0 Å². The normalized spacial score (nSPS) is 12.5. The molecule has 0 atom stereocenters. The smallest absolute Gasteiger partial charge is 0.341 e. The second-order valence-corrected chi connectivity index (χ2v) is 7.67. The van der Waals surface area contributed by atoms with Crippen LogP contribution in [0.5, 0.6) is 0 Å². The number of para-hydroxylation sites is 1. The molecule has 1 aromatic heterocycles. The van der Waals surface area contributed by atoms with Gasteiger partial charge < -0.3 is 15.0 Å². The van der Waals surface area contributed by atoms with Gasteiger partial charge in [0, 0.05) is 23.2 Å². The first kappa shape index (κ1) is 19.2. The third kappa shape index (κ3) is 4.03. The van der Waals surface area contributed by atoms with Gasteiger partial charge in [0.2, 0.25) is 5.91 Å². The van der Waals surface area contributed by atoms with Gasteiger partial charge in [-0.1, -0.05) is 48.5 Å². The van der Waals surface area contributed by atoms with Crippen LogP contribution >= 0.6 is 11.3 Å². The van der Waals surface area contributed by atoms with E-state index in [1.165, 1.54) is 16.9 Å². The van der Waals surface area contributed by atoms with Crippen LogP contribution in [-0.2, 0) is 16.0 Å². The van der Waals surface area contributed by atoms with Gasteiger partial charge >= 0.3 is 5.97 Å². The highest BCUT2D eigenvalue weighted by molar-refractivity contribution is 7.15. The molecule has 2 aromatic carbocycles. The Morgan fingerprint density at radius 3 is 2.66 bits per heavy atom. The number of nitrogens with zero attached hydrogens (tertiary/aromatic N) is 1. The highest BCUT2D eigenvalue weighted by Gasteiger charge is 2.25. The molecule has 3 aromatic rings. The minimum Gasteiger partial charge on any atom is -0.462 e. The van der Waals surface area contributed by atoms with Crippen LogP contribution in [0.25, 0.3) is 11.1 Å². The van der Waals surface area contributed by atoms with Crippen molar-refractivity contribution in [2.45, 2.75) is 13.3 Å². The summed E-state index contributed by atoms with van der Waals surface area (Å²) in [7, 11) is 0. The lowest BCUT2D eigenvalue weighted by Crippen LogP contribution is -2.32. The van der Waals surface area contributed by atoms with E-state index in [0.29, 0.717) is 10.6 Å². The monoisotopic (exact) mass is 406 g/mol. The number of carbonyl (C=O) groups excluding carboxylic acids is 2. The van der Waals surface area contributed by atoms with Crippen molar-refractivity contribution < 1.29 is 14.3 Å². The number of anilines is 2. The maximum absolute atomic E-state index is 12.8. The standard InChI is InChI=1S/C23H22N2O3S/c1-2-28-23(27)21-18(16-8-4-3-5-9-16)15-29-22(21)24-20(26)14-25-13-12-17-10-6-7-11-19(17)25/h3-11,15H,2,12-14H2,1H3,(H,24,26). The van der Waals surface area contributed by atoms with Crippen LogP contribution in [0.1, 0.15) is 22.8 Å². The van der Waals surface area contributed by atoms with Crippen molar-refractivity contribution in [2.75, 3.05) is 29.9 Å². The number of rotatable bonds is 6. The van der Waals surface area contributed by atoms with E-state index in [9.17, 15) is 9.59 Å². The first-order valence-corrected chi connectivity index (χ1v) is 10.5. The van der Waals surface area contributed by atoms with E-state index in [-0.39, 0.29) is 19.1 Å². The molecular formula is C23H22N2O3S. The molecule has 0 radical (unpaired) electrons. The van der Waals surface area contributed by atoms with Crippen LogP contribution in [0.3, 0.4) is 0 Å². The van der Waals surface area contributed by atoms with Gasteiger partial charge in [-0.05, 0) is 30.5 Å². The number of hydrogen-bond donors (Lipinski definition) is 1. The van der Waals surface area contributed by atoms with Gasteiger partial charge in [-0.25, -0.2) is 4.79 Å². The Labute approximate surface area is 173 Å². The first-order valence-electron chi connectivity index (χ1n) is 9.64. The fourth-order valence-electron chi connectivity index (χ4n) is 3.60. The van der Waals surface area contributed by atoms with Crippen molar-refractivity contribution in [3.8, 4) is 11.1 Å². The van der Waals surface area contributed by atoms with Gasteiger partial charge in [0.1, 0.15) is 10.6 Å². The number of nitrogens with one attached hydrogen (secondary N) is 1. The molecule has 0 aliphatic carbocycles. The van der Waals surface area contributed by atoms with Gasteiger partial charge in [-0.15, -0.1) is 11.3 Å². The summed E-state index contributed by atoms with van der Waals surface area (Å²) in [5.74, 6) is -0.567. The highest BCUT2D eigenvalue weighted by Crippen LogP contribution is 2.36. The molecule has 0 bridgehead atoms. The van der Waals surface area contributed by atoms with E-state index in [4.69, 9.17) is 4.74 Å². The summed E-state index contributed by atoms with van der Waals surface area (Å²) < 4.78 is 5.26. The summed E-state index contributed by atoms with van der Waals surface area (Å²) in [6, 6.07) is 17.8. The summed E-state index contributed by atoms with van der Waals surface area (Å²) in [5.41, 5.74) is 4.47. The fourth-order valence-corrected chi connectivity index (χ4v) is 4.57. The number of ether oxygens (including phenoxy) is 1. The van der Waals surface area contributed by atoms with Crippen molar-refractivity contribution in [3.05, 3.63) is 71.1 Å². The summed E-state index contributed by atoms with van der Waals surface area (Å²) >= 11 is 1.35. The number of esters is 1. The lowest BCUT2D eigenvalue weighted by Gasteiger charge is -2.18. The zero-order valence-electron chi connectivity index (χ0n) is 16.2. The number of benzene rings is 2.